The number of carbonyl (C=O) groups is 1. The molecule has 0 spiro atoms. The third-order valence-electron chi connectivity index (χ3n) is 2.82. The van der Waals surface area contributed by atoms with Gasteiger partial charge in [0.05, 0.1) is 12.7 Å². The first-order chi connectivity index (χ1) is 10.0. The minimum atomic E-state index is -0.455. The number of hydrogen-bond acceptors (Lipinski definition) is 2. The fraction of sp³-hybridized carbons (Fsp3) is 0.0625. The van der Waals surface area contributed by atoms with Crippen molar-refractivity contribution >= 4 is 52.4 Å². The molecule has 21 heavy (non-hydrogen) atoms. The van der Waals surface area contributed by atoms with Crippen molar-refractivity contribution in [2.45, 2.75) is 0 Å². The molecular weight excluding hydrogens is 331 g/mol. The van der Waals surface area contributed by atoms with E-state index in [1.807, 2.05) is 0 Å². The molecule has 0 bridgehead atoms. The lowest BCUT2D eigenvalue weighted by atomic mass is 10.0. The predicted octanol–water partition coefficient (Wildman–Crippen LogP) is 5.36. The first kappa shape index (κ1) is 15.9. The quantitative estimate of drug-likeness (QED) is 0.427. The molecule has 0 radical (unpaired) electrons. The molecule has 0 N–H and O–H groups in total. The van der Waals surface area contributed by atoms with Crippen LogP contribution in [0.2, 0.25) is 15.1 Å². The summed E-state index contributed by atoms with van der Waals surface area (Å²) in [4.78, 5) is 12.0. The predicted molar refractivity (Wildman–Crippen MR) is 87.8 cm³/mol. The number of ether oxygens (including phenoxy) is 1. The molecule has 0 fully saturated rings. The molecule has 0 amide bonds. The Hall–Kier alpha value is -1.48. The maximum Gasteiger partial charge on any atom is 0.338 e. The number of hydrogen-bond donors (Lipinski definition) is 0. The van der Waals surface area contributed by atoms with Gasteiger partial charge in [0.1, 0.15) is 0 Å². The lowest BCUT2D eigenvalue weighted by molar-refractivity contribution is -0.133. The summed E-state index contributed by atoms with van der Waals surface area (Å²) in [5.74, 6) is -0.455. The summed E-state index contributed by atoms with van der Waals surface area (Å²) in [6, 6.07) is 12.0. The van der Waals surface area contributed by atoms with E-state index < -0.39 is 5.97 Å². The third-order valence-corrected chi connectivity index (χ3v) is 3.64. The Bertz CT molecular complexity index is 691. The van der Waals surface area contributed by atoms with E-state index in [0.717, 1.165) is 0 Å². The average molecular weight is 342 g/mol. The zero-order valence-electron chi connectivity index (χ0n) is 11.1. The summed E-state index contributed by atoms with van der Waals surface area (Å²) < 4.78 is 4.82. The molecule has 5 heteroatoms. The van der Waals surface area contributed by atoms with Gasteiger partial charge in [0.15, 0.2) is 0 Å². The molecular formula is C16H11Cl3O2. The standard InChI is InChI=1S/C16H11Cl3O2/c1-21-16(20)14(10-2-5-12(17)6-3-10)8-11-4-7-13(18)9-15(11)19/h2-9H,1H3. The Morgan fingerprint density at radius 2 is 1.62 bits per heavy atom. The molecule has 108 valence electrons. The van der Waals surface area contributed by atoms with Crippen LogP contribution in [-0.4, -0.2) is 13.1 Å². The Morgan fingerprint density at radius 3 is 2.19 bits per heavy atom. The minimum absolute atomic E-state index is 0.387. The van der Waals surface area contributed by atoms with Crippen molar-refractivity contribution < 1.29 is 9.53 Å². The first-order valence-electron chi connectivity index (χ1n) is 6.02. The maximum absolute atomic E-state index is 12.0. The summed E-state index contributed by atoms with van der Waals surface area (Å²) >= 11 is 17.9. The molecule has 2 nitrogen and oxygen atoms in total. The lowest BCUT2D eigenvalue weighted by Crippen LogP contribution is -2.03. The van der Waals surface area contributed by atoms with Gasteiger partial charge in [-0.2, -0.15) is 0 Å². The van der Waals surface area contributed by atoms with Gasteiger partial charge in [-0.3, -0.25) is 0 Å². The van der Waals surface area contributed by atoms with E-state index in [1.54, 1.807) is 48.5 Å². The third kappa shape index (κ3) is 4.01. The van der Waals surface area contributed by atoms with Gasteiger partial charge in [0, 0.05) is 15.1 Å². The molecule has 0 unspecified atom stereocenters. The summed E-state index contributed by atoms with van der Waals surface area (Å²) in [5, 5.41) is 1.58. The van der Waals surface area contributed by atoms with Gasteiger partial charge < -0.3 is 4.74 Å². The summed E-state index contributed by atoms with van der Waals surface area (Å²) in [7, 11) is 1.33. The molecule has 0 atom stereocenters. The van der Waals surface area contributed by atoms with Crippen molar-refractivity contribution in [3.05, 3.63) is 68.7 Å². The molecule has 0 heterocycles. The topological polar surface area (TPSA) is 26.3 Å². The summed E-state index contributed by atoms with van der Waals surface area (Å²) in [5.41, 5.74) is 1.76. The second kappa shape index (κ2) is 6.99. The summed E-state index contributed by atoms with van der Waals surface area (Å²) in [6.07, 6.45) is 1.66. The van der Waals surface area contributed by atoms with Gasteiger partial charge in [-0.1, -0.05) is 53.0 Å². The largest absolute Gasteiger partial charge is 0.465 e. The van der Waals surface area contributed by atoms with Crippen molar-refractivity contribution in [2.75, 3.05) is 7.11 Å². The fourth-order valence-electron chi connectivity index (χ4n) is 1.77. The molecule has 2 aromatic rings. The van der Waals surface area contributed by atoms with Crippen molar-refractivity contribution in [2.24, 2.45) is 0 Å². The Morgan fingerprint density at radius 1 is 1.00 bits per heavy atom. The van der Waals surface area contributed by atoms with E-state index in [4.69, 9.17) is 39.5 Å². The van der Waals surface area contributed by atoms with Crippen LogP contribution in [0.4, 0.5) is 0 Å². The van der Waals surface area contributed by atoms with Crippen molar-refractivity contribution in [3.8, 4) is 0 Å². The molecule has 0 aliphatic rings. The highest BCUT2D eigenvalue weighted by Crippen LogP contribution is 2.27. The van der Waals surface area contributed by atoms with Crippen LogP contribution in [0.25, 0.3) is 11.6 Å². The highest BCUT2D eigenvalue weighted by molar-refractivity contribution is 6.36. The van der Waals surface area contributed by atoms with E-state index >= 15 is 0 Å². The van der Waals surface area contributed by atoms with Crippen LogP contribution in [-0.2, 0) is 9.53 Å². The monoisotopic (exact) mass is 340 g/mol. The Kier molecular flexibility index (Phi) is 5.29. The normalized spacial score (nSPS) is 11.3. The fourth-order valence-corrected chi connectivity index (χ4v) is 2.36. The second-order valence-corrected chi connectivity index (χ2v) is 5.50. The van der Waals surface area contributed by atoms with Crippen LogP contribution in [0.1, 0.15) is 11.1 Å². The average Bonchev–Trinajstić information content (AvgIpc) is 2.47. The number of carbonyl (C=O) groups excluding carboxylic acids is 1. The zero-order valence-corrected chi connectivity index (χ0v) is 13.3. The molecule has 0 aromatic heterocycles. The van der Waals surface area contributed by atoms with E-state index in [1.165, 1.54) is 7.11 Å². The zero-order chi connectivity index (χ0) is 15.4. The van der Waals surface area contributed by atoms with Crippen LogP contribution >= 0.6 is 34.8 Å². The van der Waals surface area contributed by atoms with Crippen molar-refractivity contribution in [1.29, 1.82) is 0 Å². The van der Waals surface area contributed by atoms with Gasteiger partial charge in [-0.15, -0.1) is 0 Å². The highest BCUT2D eigenvalue weighted by Gasteiger charge is 2.13. The first-order valence-corrected chi connectivity index (χ1v) is 7.15. The van der Waals surface area contributed by atoms with Gasteiger partial charge in [0.2, 0.25) is 0 Å². The molecule has 2 rings (SSSR count). The second-order valence-electron chi connectivity index (χ2n) is 4.22. The maximum atomic E-state index is 12.0. The molecule has 2 aromatic carbocycles. The van der Waals surface area contributed by atoms with Gasteiger partial charge in [0.25, 0.3) is 0 Å². The minimum Gasteiger partial charge on any atom is -0.465 e. The van der Waals surface area contributed by atoms with Crippen LogP contribution in [0.3, 0.4) is 0 Å². The number of rotatable bonds is 3. The summed E-state index contributed by atoms with van der Waals surface area (Å²) in [6.45, 7) is 0. The smallest absolute Gasteiger partial charge is 0.338 e. The SMILES string of the molecule is COC(=O)C(=Cc1ccc(Cl)cc1Cl)c1ccc(Cl)cc1. The van der Waals surface area contributed by atoms with Crippen LogP contribution in [0.5, 0.6) is 0 Å². The van der Waals surface area contributed by atoms with E-state index in [9.17, 15) is 4.79 Å². The molecule has 0 saturated carbocycles. The number of benzene rings is 2. The molecule has 0 aliphatic carbocycles. The van der Waals surface area contributed by atoms with Crippen LogP contribution in [0.15, 0.2) is 42.5 Å². The van der Waals surface area contributed by atoms with Gasteiger partial charge in [-0.05, 0) is 41.5 Å². The van der Waals surface area contributed by atoms with Gasteiger partial charge in [-0.25, -0.2) is 4.79 Å². The van der Waals surface area contributed by atoms with Crippen molar-refractivity contribution in [3.63, 3.8) is 0 Å². The highest BCUT2D eigenvalue weighted by atomic mass is 35.5. The lowest BCUT2D eigenvalue weighted by Gasteiger charge is -2.07. The number of methoxy groups -OCH3 is 1. The van der Waals surface area contributed by atoms with E-state index in [2.05, 4.69) is 0 Å². The van der Waals surface area contributed by atoms with E-state index in [0.29, 0.717) is 31.8 Å². The van der Waals surface area contributed by atoms with Crippen molar-refractivity contribution in [1.82, 2.24) is 0 Å². The number of halogens is 3. The Balaban J connectivity index is 2.52. The van der Waals surface area contributed by atoms with Crippen LogP contribution < -0.4 is 0 Å². The molecule has 0 aliphatic heterocycles. The van der Waals surface area contributed by atoms with E-state index in [-0.39, 0.29) is 0 Å². The number of esters is 1. The van der Waals surface area contributed by atoms with Gasteiger partial charge >= 0.3 is 5.97 Å². The molecule has 0 saturated heterocycles. The van der Waals surface area contributed by atoms with Crippen LogP contribution in [0, 0.1) is 0 Å². The Labute approximate surface area is 137 Å².